The van der Waals surface area contributed by atoms with Gasteiger partial charge in [-0.3, -0.25) is 4.90 Å². The molecule has 0 spiro atoms. The highest BCUT2D eigenvalue weighted by molar-refractivity contribution is 4.78. The van der Waals surface area contributed by atoms with Crippen LogP contribution in [-0.4, -0.2) is 50.3 Å². The van der Waals surface area contributed by atoms with Crippen LogP contribution in [0.4, 0.5) is 0 Å². The zero-order valence-electron chi connectivity index (χ0n) is 9.87. The van der Waals surface area contributed by atoms with Gasteiger partial charge in [-0.2, -0.15) is 0 Å². The van der Waals surface area contributed by atoms with Crippen molar-refractivity contribution in [2.75, 3.05) is 39.4 Å². The SMILES string of the molecule is CCC1COCCN1CC1CCNCC1. The predicted octanol–water partition coefficient (Wildman–Crippen LogP) is 1.10. The van der Waals surface area contributed by atoms with E-state index in [-0.39, 0.29) is 0 Å². The summed E-state index contributed by atoms with van der Waals surface area (Å²) in [7, 11) is 0. The van der Waals surface area contributed by atoms with Gasteiger partial charge in [0.25, 0.3) is 0 Å². The molecule has 0 radical (unpaired) electrons. The van der Waals surface area contributed by atoms with Gasteiger partial charge in [0.2, 0.25) is 0 Å². The van der Waals surface area contributed by atoms with Crippen LogP contribution in [0.3, 0.4) is 0 Å². The highest BCUT2D eigenvalue weighted by Gasteiger charge is 2.24. The lowest BCUT2D eigenvalue weighted by atomic mass is 9.96. The van der Waals surface area contributed by atoms with Gasteiger partial charge in [-0.15, -0.1) is 0 Å². The summed E-state index contributed by atoms with van der Waals surface area (Å²) in [6.45, 7) is 9.02. The fourth-order valence-electron chi connectivity index (χ4n) is 2.70. The number of rotatable bonds is 3. The first-order valence-corrected chi connectivity index (χ1v) is 6.42. The molecule has 1 atom stereocenters. The molecule has 2 aliphatic heterocycles. The van der Waals surface area contributed by atoms with Gasteiger partial charge in [0.05, 0.1) is 13.2 Å². The number of hydrogen-bond acceptors (Lipinski definition) is 3. The summed E-state index contributed by atoms with van der Waals surface area (Å²) in [5.41, 5.74) is 0. The summed E-state index contributed by atoms with van der Waals surface area (Å²) in [6, 6.07) is 0.675. The normalized spacial score (nSPS) is 30.6. The topological polar surface area (TPSA) is 24.5 Å². The third-order valence-electron chi connectivity index (χ3n) is 3.77. The molecule has 15 heavy (non-hydrogen) atoms. The van der Waals surface area contributed by atoms with Crippen molar-refractivity contribution < 1.29 is 4.74 Å². The van der Waals surface area contributed by atoms with Crippen molar-refractivity contribution in [2.24, 2.45) is 5.92 Å². The van der Waals surface area contributed by atoms with E-state index in [0.717, 1.165) is 25.7 Å². The Morgan fingerprint density at radius 1 is 1.33 bits per heavy atom. The first kappa shape index (κ1) is 11.4. The average Bonchev–Trinajstić information content (AvgIpc) is 2.31. The Balaban J connectivity index is 1.79. The minimum atomic E-state index is 0.675. The van der Waals surface area contributed by atoms with Gasteiger partial charge in [-0.1, -0.05) is 6.92 Å². The van der Waals surface area contributed by atoms with Crippen LogP contribution < -0.4 is 5.32 Å². The minimum absolute atomic E-state index is 0.675. The summed E-state index contributed by atoms with van der Waals surface area (Å²) in [4.78, 5) is 2.65. The van der Waals surface area contributed by atoms with Crippen molar-refractivity contribution in [3.05, 3.63) is 0 Å². The molecule has 0 amide bonds. The predicted molar refractivity (Wildman–Crippen MR) is 62.1 cm³/mol. The van der Waals surface area contributed by atoms with E-state index in [9.17, 15) is 0 Å². The standard InChI is InChI=1S/C12H24N2O/c1-2-12-10-15-8-7-14(12)9-11-3-5-13-6-4-11/h11-13H,2-10H2,1H3. The van der Waals surface area contributed by atoms with Gasteiger partial charge in [0.1, 0.15) is 0 Å². The van der Waals surface area contributed by atoms with Gasteiger partial charge in [-0.05, 0) is 38.3 Å². The third kappa shape index (κ3) is 3.16. The van der Waals surface area contributed by atoms with Crippen molar-refractivity contribution >= 4 is 0 Å². The lowest BCUT2D eigenvalue weighted by molar-refractivity contribution is -0.0172. The van der Waals surface area contributed by atoms with E-state index in [1.165, 1.54) is 38.9 Å². The highest BCUT2D eigenvalue weighted by atomic mass is 16.5. The van der Waals surface area contributed by atoms with Crippen molar-refractivity contribution in [2.45, 2.75) is 32.2 Å². The molecule has 0 aliphatic carbocycles. The minimum Gasteiger partial charge on any atom is -0.378 e. The molecule has 2 aliphatic rings. The van der Waals surface area contributed by atoms with Crippen molar-refractivity contribution in [3.63, 3.8) is 0 Å². The van der Waals surface area contributed by atoms with E-state index < -0.39 is 0 Å². The summed E-state index contributed by atoms with van der Waals surface area (Å²) < 4.78 is 5.54. The zero-order chi connectivity index (χ0) is 10.5. The molecular formula is C12H24N2O. The quantitative estimate of drug-likeness (QED) is 0.758. The lowest BCUT2D eigenvalue weighted by Gasteiger charge is -2.38. The fourth-order valence-corrected chi connectivity index (χ4v) is 2.70. The van der Waals surface area contributed by atoms with E-state index in [4.69, 9.17) is 4.74 Å². The first-order valence-electron chi connectivity index (χ1n) is 6.42. The number of nitrogens with zero attached hydrogens (tertiary/aromatic N) is 1. The summed E-state index contributed by atoms with van der Waals surface area (Å²) in [5.74, 6) is 0.915. The molecule has 2 saturated heterocycles. The van der Waals surface area contributed by atoms with Gasteiger partial charge in [-0.25, -0.2) is 0 Å². The maximum atomic E-state index is 5.54. The van der Waals surface area contributed by atoms with Crippen molar-refractivity contribution in [3.8, 4) is 0 Å². The second kappa shape index (κ2) is 5.83. The number of hydrogen-bond donors (Lipinski definition) is 1. The third-order valence-corrected chi connectivity index (χ3v) is 3.77. The number of piperidine rings is 1. The van der Waals surface area contributed by atoms with Gasteiger partial charge < -0.3 is 10.1 Å². The largest absolute Gasteiger partial charge is 0.378 e. The van der Waals surface area contributed by atoms with Crippen LogP contribution in [0.5, 0.6) is 0 Å². The molecule has 0 aromatic rings. The van der Waals surface area contributed by atoms with Gasteiger partial charge >= 0.3 is 0 Å². The lowest BCUT2D eigenvalue weighted by Crippen LogP contribution is -2.48. The fraction of sp³-hybridized carbons (Fsp3) is 1.00. The Labute approximate surface area is 93.2 Å². The number of ether oxygens (including phenoxy) is 1. The maximum absolute atomic E-state index is 5.54. The van der Waals surface area contributed by atoms with Crippen LogP contribution in [0.2, 0.25) is 0 Å². The number of nitrogens with one attached hydrogen (secondary N) is 1. The van der Waals surface area contributed by atoms with Gasteiger partial charge in [0, 0.05) is 19.1 Å². The van der Waals surface area contributed by atoms with E-state index in [2.05, 4.69) is 17.1 Å². The summed E-state index contributed by atoms with van der Waals surface area (Å²) >= 11 is 0. The molecule has 2 heterocycles. The molecule has 0 bridgehead atoms. The monoisotopic (exact) mass is 212 g/mol. The molecule has 0 saturated carbocycles. The molecule has 0 aromatic heterocycles. The van der Waals surface area contributed by atoms with Crippen LogP contribution in [0, 0.1) is 5.92 Å². The van der Waals surface area contributed by atoms with Crippen LogP contribution >= 0.6 is 0 Å². The smallest absolute Gasteiger partial charge is 0.0622 e. The molecule has 0 aromatic carbocycles. The Bertz CT molecular complexity index is 180. The average molecular weight is 212 g/mol. The molecule has 2 fully saturated rings. The van der Waals surface area contributed by atoms with E-state index in [1.807, 2.05) is 0 Å². The van der Waals surface area contributed by atoms with Crippen LogP contribution in [-0.2, 0) is 4.74 Å². The second-order valence-corrected chi connectivity index (χ2v) is 4.83. The molecule has 1 N–H and O–H groups in total. The van der Waals surface area contributed by atoms with E-state index >= 15 is 0 Å². The molecular weight excluding hydrogens is 188 g/mol. The molecule has 2 rings (SSSR count). The van der Waals surface area contributed by atoms with E-state index in [1.54, 1.807) is 0 Å². The molecule has 1 unspecified atom stereocenters. The summed E-state index contributed by atoms with van der Waals surface area (Å²) in [6.07, 6.45) is 3.94. The Morgan fingerprint density at radius 3 is 2.87 bits per heavy atom. The van der Waals surface area contributed by atoms with Crippen LogP contribution in [0.25, 0.3) is 0 Å². The molecule has 88 valence electrons. The molecule has 3 nitrogen and oxygen atoms in total. The maximum Gasteiger partial charge on any atom is 0.0622 e. The first-order chi connectivity index (χ1) is 7.40. The van der Waals surface area contributed by atoms with Crippen LogP contribution in [0.1, 0.15) is 26.2 Å². The van der Waals surface area contributed by atoms with E-state index in [0.29, 0.717) is 6.04 Å². The van der Waals surface area contributed by atoms with Gasteiger partial charge in [0.15, 0.2) is 0 Å². The van der Waals surface area contributed by atoms with Crippen molar-refractivity contribution in [1.82, 2.24) is 10.2 Å². The van der Waals surface area contributed by atoms with Crippen molar-refractivity contribution in [1.29, 1.82) is 0 Å². The number of morpholine rings is 1. The summed E-state index contributed by atoms with van der Waals surface area (Å²) in [5, 5.41) is 3.43. The van der Waals surface area contributed by atoms with Crippen LogP contribution in [0.15, 0.2) is 0 Å². The molecule has 3 heteroatoms. The highest BCUT2D eigenvalue weighted by Crippen LogP contribution is 2.18. The Kier molecular flexibility index (Phi) is 4.42. The Morgan fingerprint density at radius 2 is 2.13 bits per heavy atom. The second-order valence-electron chi connectivity index (χ2n) is 4.83. The zero-order valence-corrected chi connectivity index (χ0v) is 9.87. The Hall–Kier alpha value is -0.120.